The predicted molar refractivity (Wildman–Crippen MR) is 77.7 cm³/mol. The number of aliphatic hydroxyl groups is 1. The topological polar surface area (TPSA) is 70.1 Å². The van der Waals surface area contributed by atoms with E-state index in [2.05, 4.69) is 27.5 Å². The van der Waals surface area contributed by atoms with Gasteiger partial charge in [0.15, 0.2) is 5.82 Å². The van der Waals surface area contributed by atoms with Gasteiger partial charge < -0.3 is 15.7 Å². The van der Waals surface area contributed by atoms with Crippen LogP contribution in [0.25, 0.3) is 0 Å². The average molecular weight is 285 g/mol. The van der Waals surface area contributed by atoms with E-state index in [0.717, 1.165) is 25.7 Å². The van der Waals surface area contributed by atoms with Crippen molar-refractivity contribution in [1.82, 2.24) is 9.97 Å². The van der Waals surface area contributed by atoms with E-state index < -0.39 is 5.60 Å². The number of rotatable bonds is 4. The molecule has 0 amide bonds. The fourth-order valence-corrected chi connectivity index (χ4v) is 2.49. The molecule has 1 aliphatic rings. The molecule has 0 saturated heterocycles. The van der Waals surface area contributed by atoms with E-state index in [-0.39, 0.29) is 0 Å². The molecule has 0 atom stereocenters. The summed E-state index contributed by atoms with van der Waals surface area (Å²) >= 11 is 6.04. The van der Waals surface area contributed by atoms with E-state index >= 15 is 0 Å². The van der Waals surface area contributed by atoms with Crippen molar-refractivity contribution in [2.24, 2.45) is 5.92 Å². The molecule has 19 heavy (non-hydrogen) atoms. The number of halogens is 1. The first-order chi connectivity index (χ1) is 9.02. The van der Waals surface area contributed by atoms with E-state index in [9.17, 15) is 5.11 Å². The molecule has 0 bridgehead atoms. The van der Waals surface area contributed by atoms with Gasteiger partial charge in [0.05, 0.1) is 11.8 Å². The number of hydrogen-bond donors (Lipinski definition) is 3. The maximum absolute atomic E-state index is 10.5. The quantitative estimate of drug-likeness (QED) is 0.793. The summed E-state index contributed by atoms with van der Waals surface area (Å²) in [6.45, 7) is 2.70. The largest absolute Gasteiger partial charge is 0.388 e. The van der Waals surface area contributed by atoms with E-state index in [1.807, 2.05) is 0 Å². The molecule has 0 aliphatic heterocycles. The molecule has 106 valence electrons. The number of hydrogen-bond acceptors (Lipinski definition) is 5. The highest BCUT2D eigenvalue weighted by Crippen LogP contribution is 2.32. The van der Waals surface area contributed by atoms with Crippen molar-refractivity contribution in [2.75, 3.05) is 24.2 Å². The van der Waals surface area contributed by atoms with Gasteiger partial charge in [-0.15, -0.1) is 0 Å². The van der Waals surface area contributed by atoms with E-state index in [4.69, 9.17) is 11.6 Å². The Bertz CT molecular complexity index is 433. The molecule has 1 aliphatic carbocycles. The van der Waals surface area contributed by atoms with Crippen LogP contribution in [0.5, 0.6) is 0 Å². The minimum absolute atomic E-state index is 0.465. The number of aromatic nitrogens is 2. The zero-order valence-corrected chi connectivity index (χ0v) is 12.2. The predicted octanol–water partition coefficient (Wildman–Crippen LogP) is 2.52. The van der Waals surface area contributed by atoms with Crippen LogP contribution >= 0.6 is 11.6 Å². The molecule has 1 fully saturated rings. The second kappa shape index (κ2) is 5.92. The summed E-state index contributed by atoms with van der Waals surface area (Å²) in [6.07, 6.45) is 5.33. The first kappa shape index (κ1) is 14.3. The van der Waals surface area contributed by atoms with Crippen LogP contribution in [-0.2, 0) is 0 Å². The summed E-state index contributed by atoms with van der Waals surface area (Å²) in [5.41, 5.74) is -0.652. The Morgan fingerprint density at radius 3 is 2.79 bits per heavy atom. The molecule has 1 aromatic heterocycles. The Kier molecular flexibility index (Phi) is 4.47. The molecule has 1 heterocycles. The third-order valence-electron chi connectivity index (χ3n) is 3.76. The van der Waals surface area contributed by atoms with Crippen molar-refractivity contribution in [2.45, 2.75) is 38.2 Å². The third-order valence-corrected chi connectivity index (χ3v) is 4.03. The lowest BCUT2D eigenvalue weighted by Crippen LogP contribution is -2.40. The molecule has 0 radical (unpaired) electrons. The van der Waals surface area contributed by atoms with Crippen molar-refractivity contribution in [1.29, 1.82) is 0 Å². The molecular formula is C13H21ClN4O. The van der Waals surface area contributed by atoms with Gasteiger partial charge in [0.25, 0.3) is 0 Å². The van der Waals surface area contributed by atoms with Gasteiger partial charge in [-0.3, -0.25) is 0 Å². The Balaban J connectivity index is 1.98. The van der Waals surface area contributed by atoms with Crippen LogP contribution in [0.15, 0.2) is 6.20 Å². The molecule has 1 saturated carbocycles. The second-order valence-electron chi connectivity index (χ2n) is 5.40. The molecule has 0 aromatic carbocycles. The van der Waals surface area contributed by atoms with Crippen molar-refractivity contribution >= 4 is 23.4 Å². The van der Waals surface area contributed by atoms with Crippen molar-refractivity contribution < 1.29 is 5.11 Å². The molecule has 6 heteroatoms. The maximum Gasteiger partial charge on any atom is 0.224 e. The van der Waals surface area contributed by atoms with E-state index in [1.54, 1.807) is 13.2 Å². The standard InChI is InChI=1S/C13H21ClN4O/c1-9-3-5-13(19,6-4-9)8-17-11-10(14)7-16-12(15-2)18-11/h7,9,19H,3-6,8H2,1-2H3,(H2,15,16,17,18). The average Bonchev–Trinajstić information content (AvgIpc) is 2.42. The fourth-order valence-electron chi connectivity index (χ4n) is 2.34. The Morgan fingerprint density at radius 2 is 2.16 bits per heavy atom. The minimum atomic E-state index is -0.652. The normalized spacial score (nSPS) is 27.1. The summed E-state index contributed by atoms with van der Waals surface area (Å²) in [4.78, 5) is 8.27. The van der Waals surface area contributed by atoms with Gasteiger partial charge >= 0.3 is 0 Å². The number of nitrogens with one attached hydrogen (secondary N) is 2. The SMILES string of the molecule is CNc1ncc(Cl)c(NCC2(O)CCC(C)CC2)n1. The summed E-state index contributed by atoms with van der Waals surface area (Å²) in [5.74, 6) is 1.78. The zero-order valence-electron chi connectivity index (χ0n) is 11.4. The van der Waals surface area contributed by atoms with Crippen LogP contribution in [0, 0.1) is 5.92 Å². The molecule has 0 spiro atoms. The Hall–Kier alpha value is -1.07. The molecular weight excluding hydrogens is 264 g/mol. The lowest BCUT2D eigenvalue weighted by atomic mass is 9.79. The van der Waals surface area contributed by atoms with Crippen LogP contribution in [-0.4, -0.2) is 34.3 Å². The van der Waals surface area contributed by atoms with Gasteiger partial charge in [0, 0.05) is 13.6 Å². The smallest absolute Gasteiger partial charge is 0.224 e. The molecule has 3 N–H and O–H groups in total. The summed E-state index contributed by atoms with van der Waals surface area (Å²) < 4.78 is 0. The van der Waals surface area contributed by atoms with Gasteiger partial charge in [0.1, 0.15) is 5.02 Å². The highest BCUT2D eigenvalue weighted by atomic mass is 35.5. The van der Waals surface area contributed by atoms with Gasteiger partial charge in [0.2, 0.25) is 5.95 Å². The van der Waals surface area contributed by atoms with E-state index in [0.29, 0.717) is 29.3 Å². The van der Waals surface area contributed by atoms with Crippen molar-refractivity contribution in [3.05, 3.63) is 11.2 Å². The van der Waals surface area contributed by atoms with Crippen LogP contribution in [0.3, 0.4) is 0 Å². The molecule has 1 aromatic rings. The van der Waals surface area contributed by atoms with Gasteiger partial charge in [-0.05, 0) is 31.6 Å². The number of anilines is 2. The summed E-state index contributed by atoms with van der Waals surface area (Å²) in [6, 6.07) is 0. The minimum Gasteiger partial charge on any atom is -0.388 e. The second-order valence-corrected chi connectivity index (χ2v) is 5.81. The Morgan fingerprint density at radius 1 is 1.47 bits per heavy atom. The van der Waals surface area contributed by atoms with Crippen molar-refractivity contribution in [3.8, 4) is 0 Å². The summed E-state index contributed by atoms with van der Waals surface area (Å²) in [7, 11) is 1.75. The highest BCUT2D eigenvalue weighted by Gasteiger charge is 2.31. The third kappa shape index (κ3) is 3.70. The van der Waals surface area contributed by atoms with E-state index in [1.165, 1.54) is 0 Å². The fraction of sp³-hybridized carbons (Fsp3) is 0.692. The monoisotopic (exact) mass is 284 g/mol. The maximum atomic E-state index is 10.5. The first-order valence-corrected chi connectivity index (χ1v) is 7.07. The van der Waals surface area contributed by atoms with Gasteiger partial charge in [-0.2, -0.15) is 4.98 Å². The molecule has 5 nitrogen and oxygen atoms in total. The van der Waals surface area contributed by atoms with Gasteiger partial charge in [-0.25, -0.2) is 4.98 Å². The van der Waals surface area contributed by atoms with Crippen LogP contribution < -0.4 is 10.6 Å². The van der Waals surface area contributed by atoms with Crippen LogP contribution in [0.4, 0.5) is 11.8 Å². The Labute approximate surface area is 118 Å². The van der Waals surface area contributed by atoms with Gasteiger partial charge in [-0.1, -0.05) is 18.5 Å². The summed E-state index contributed by atoms with van der Waals surface area (Å²) in [5, 5.41) is 17.0. The molecule has 2 rings (SSSR count). The van der Waals surface area contributed by atoms with Crippen LogP contribution in [0.1, 0.15) is 32.6 Å². The lowest BCUT2D eigenvalue weighted by Gasteiger charge is -2.35. The highest BCUT2D eigenvalue weighted by molar-refractivity contribution is 6.32. The van der Waals surface area contributed by atoms with Crippen molar-refractivity contribution in [3.63, 3.8) is 0 Å². The molecule has 0 unspecified atom stereocenters. The van der Waals surface area contributed by atoms with Crippen LogP contribution in [0.2, 0.25) is 5.02 Å². The zero-order chi connectivity index (χ0) is 13.9. The first-order valence-electron chi connectivity index (χ1n) is 6.69. The number of nitrogens with zero attached hydrogens (tertiary/aromatic N) is 2. The lowest BCUT2D eigenvalue weighted by molar-refractivity contribution is 0.00495.